The Bertz CT molecular complexity index is 584. The summed E-state index contributed by atoms with van der Waals surface area (Å²) in [6, 6.07) is 8.32. The van der Waals surface area contributed by atoms with Crippen molar-refractivity contribution in [3.8, 4) is 11.5 Å². The van der Waals surface area contributed by atoms with Crippen molar-refractivity contribution in [3.63, 3.8) is 0 Å². The number of hydrogen-bond acceptors (Lipinski definition) is 3. The third-order valence-corrected chi connectivity index (χ3v) is 4.72. The number of hydrogen-bond donors (Lipinski definition) is 0. The molecule has 1 aromatic rings. The maximum Gasteiger partial charge on any atom is 0.158 e. The van der Waals surface area contributed by atoms with Gasteiger partial charge in [0.2, 0.25) is 0 Å². The lowest BCUT2D eigenvalue weighted by molar-refractivity contribution is -0.228. The fourth-order valence-corrected chi connectivity index (χ4v) is 3.07. The van der Waals surface area contributed by atoms with E-state index in [-0.39, 0.29) is 11.9 Å². The third kappa shape index (κ3) is 8.20. The quantitative estimate of drug-likeness (QED) is 0.541. The van der Waals surface area contributed by atoms with Gasteiger partial charge in [-0.25, -0.2) is 0 Å². The summed E-state index contributed by atoms with van der Waals surface area (Å²) in [5.41, 5.74) is 5.28. The normalized spacial score (nSPS) is 18.5. The summed E-state index contributed by atoms with van der Waals surface area (Å²) >= 11 is 0. The van der Waals surface area contributed by atoms with E-state index in [1.165, 1.54) is 6.42 Å². The molecule has 1 aromatic carbocycles. The fourth-order valence-electron chi connectivity index (χ4n) is 2.55. The summed E-state index contributed by atoms with van der Waals surface area (Å²) < 4.78 is 17.6. The zero-order valence-electron chi connectivity index (χ0n) is 16.4. The van der Waals surface area contributed by atoms with Crippen molar-refractivity contribution in [2.24, 2.45) is 0 Å². The average Bonchev–Trinajstić information content (AvgIpc) is 2.54. The van der Waals surface area contributed by atoms with Crippen molar-refractivity contribution >= 4 is 8.07 Å². The Kier molecular flexibility index (Phi) is 7.27. The van der Waals surface area contributed by atoms with E-state index in [4.69, 9.17) is 14.2 Å². The summed E-state index contributed by atoms with van der Waals surface area (Å²) in [7, 11) is -1.32. The third-order valence-electron chi connectivity index (χ3n) is 3.84. The molecule has 1 unspecified atom stereocenters. The van der Waals surface area contributed by atoms with Crippen molar-refractivity contribution in [1.29, 1.82) is 0 Å². The Morgan fingerprint density at radius 2 is 1.88 bits per heavy atom. The van der Waals surface area contributed by atoms with Crippen LogP contribution < -0.4 is 0 Å². The highest BCUT2D eigenvalue weighted by Crippen LogP contribution is 2.21. The van der Waals surface area contributed by atoms with Gasteiger partial charge in [0.25, 0.3) is 0 Å². The van der Waals surface area contributed by atoms with Crippen LogP contribution in [0.4, 0.5) is 0 Å². The summed E-state index contributed by atoms with van der Waals surface area (Å²) in [5.74, 6) is 3.27. The highest BCUT2D eigenvalue weighted by molar-refractivity contribution is 6.83. The van der Waals surface area contributed by atoms with Crippen LogP contribution in [-0.2, 0) is 20.8 Å². The highest BCUT2D eigenvalue weighted by atomic mass is 28.3. The van der Waals surface area contributed by atoms with Crippen LogP contribution in [0.1, 0.15) is 44.2 Å². The summed E-state index contributed by atoms with van der Waals surface area (Å²) in [6.45, 7) is 12.8. The lowest BCUT2D eigenvalue weighted by Crippen LogP contribution is -2.37. The Labute approximate surface area is 154 Å². The first-order chi connectivity index (χ1) is 11.7. The molecular weight excluding hydrogens is 328 g/mol. The lowest BCUT2D eigenvalue weighted by Gasteiger charge is -2.32. The molecule has 1 heterocycles. The Hall–Kier alpha value is -1.12. The zero-order chi connectivity index (χ0) is 18.3. The first-order valence-electron chi connectivity index (χ1n) is 9.23. The molecule has 138 valence electrons. The molecule has 3 nitrogen and oxygen atoms in total. The van der Waals surface area contributed by atoms with Crippen molar-refractivity contribution in [2.75, 3.05) is 13.2 Å². The van der Waals surface area contributed by atoms with Crippen LogP contribution in [0.2, 0.25) is 19.6 Å². The Morgan fingerprint density at radius 1 is 1.16 bits per heavy atom. The first-order valence-corrected chi connectivity index (χ1v) is 12.7. The van der Waals surface area contributed by atoms with E-state index in [1.807, 2.05) is 0 Å². The van der Waals surface area contributed by atoms with E-state index in [9.17, 15) is 0 Å². The summed E-state index contributed by atoms with van der Waals surface area (Å²) in [4.78, 5) is 0. The second-order valence-corrected chi connectivity index (χ2v) is 13.1. The minimum atomic E-state index is -1.32. The predicted molar refractivity (Wildman–Crippen MR) is 105 cm³/mol. The number of ether oxygens (including phenoxy) is 3. The van der Waals surface area contributed by atoms with E-state index in [1.54, 1.807) is 0 Å². The summed E-state index contributed by atoms with van der Waals surface area (Å²) in [6.07, 6.45) is 3.20. The van der Waals surface area contributed by atoms with Crippen LogP contribution in [0.5, 0.6) is 0 Å². The fraction of sp³-hybridized carbons (Fsp3) is 0.619. The maximum atomic E-state index is 6.04. The van der Waals surface area contributed by atoms with E-state index in [0.717, 1.165) is 30.6 Å². The molecule has 1 fully saturated rings. The molecule has 0 bridgehead atoms. The van der Waals surface area contributed by atoms with Gasteiger partial charge < -0.3 is 14.2 Å². The van der Waals surface area contributed by atoms with Gasteiger partial charge in [-0.3, -0.25) is 0 Å². The van der Waals surface area contributed by atoms with Gasteiger partial charge in [-0.1, -0.05) is 37.7 Å². The van der Waals surface area contributed by atoms with Gasteiger partial charge in [-0.2, -0.15) is 0 Å². The molecule has 1 aliphatic rings. The van der Waals surface area contributed by atoms with Crippen LogP contribution >= 0.6 is 0 Å². The van der Waals surface area contributed by atoms with Gasteiger partial charge >= 0.3 is 0 Å². The molecule has 1 saturated heterocycles. The molecule has 0 aromatic heterocycles. The highest BCUT2D eigenvalue weighted by Gasteiger charge is 2.26. The van der Waals surface area contributed by atoms with Gasteiger partial charge in [-0.15, -0.1) is 5.54 Å². The van der Waals surface area contributed by atoms with Crippen LogP contribution in [0.25, 0.3) is 0 Å². The second kappa shape index (κ2) is 9.00. The first kappa shape index (κ1) is 20.2. The molecule has 25 heavy (non-hydrogen) atoms. The Morgan fingerprint density at radius 3 is 2.48 bits per heavy atom. The molecule has 0 spiro atoms. The van der Waals surface area contributed by atoms with Gasteiger partial charge in [0.15, 0.2) is 6.29 Å². The molecule has 0 saturated carbocycles. The topological polar surface area (TPSA) is 27.7 Å². The molecule has 2 rings (SSSR count). The van der Waals surface area contributed by atoms with Crippen LogP contribution in [0, 0.1) is 11.5 Å². The van der Waals surface area contributed by atoms with E-state index in [0.29, 0.717) is 13.2 Å². The minimum absolute atomic E-state index is 0.0865. The van der Waals surface area contributed by atoms with Crippen molar-refractivity contribution in [2.45, 2.75) is 71.2 Å². The van der Waals surface area contributed by atoms with Gasteiger partial charge in [0, 0.05) is 12.2 Å². The van der Waals surface area contributed by atoms with E-state index < -0.39 is 8.07 Å². The number of rotatable bonds is 6. The van der Waals surface area contributed by atoms with Crippen LogP contribution in [0.3, 0.4) is 0 Å². The maximum absolute atomic E-state index is 6.04. The Balaban J connectivity index is 1.77. The molecule has 1 aliphatic heterocycles. The standard InChI is InChI=1S/C21H32O3Si/c1-21(2,24-20-8-6-7-14-23-20)17-22-16-19-11-9-18(10-12-19)13-15-25(3,4)5/h9-12,20H,6-8,14,16-17H2,1-5H3. The lowest BCUT2D eigenvalue weighted by atomic mass is 10.1. The number of benzene rings is 1. The molecule has 0 amide bonds. The van der Waals surface area contributed by atoms with Crippen molar-refractivity contribution < 1.29 is 14.2 Å². The van der Waals surface area contributed by atoms with Crippen LogP contribution in [0.15, 0.2) is 24.3 Å². The minimum Gasteiger partial charge on any atom is -0.374 e. The van der Waals surface area contributed by atoms with Crippen molar-refractivity contribution in [3.05, 3.63) is 35.4 Å². The molecule has 4 heteroatoms. The van der Waals surface area contributed by atoms with E-state index in [2.05, 4.69) is 69.2 Å². The molecule has 1 atom stereocenters. The predicted octanol–water partition coefficient (Wildman–Crippen LogP) is 4.75. The molecular formula is C21H32O3Si. The van der Waals surface area contributed by atoms with Gasteiger partial charge in [0.1, 0.15) is 8.07 Å². The second-order valence-electron chi connectivity index (χ2n) is 8.36. The molecule has 0 aliphatic carbocycles. The molecule has 0 radical (unpaired) electrons. The van der Waals surface area contributed by atoms with Crippen molar-refractivity contribution in [1.82, 2.24) is 0 Å². The zero-order valence-corrected chi connectivity index (χ0v) is 17.4. The van der Waals surface area contributed by atoms with Crippen LogP contribution in [-0.4, -0.2) is 33.2 Å². The molecule has 0 N–H and O–H groups in total. The smallest absolute Gasteiger partial charge is 0.158 e. The summed E-state index contributed by atoms with van der Waals surface area (Å²) in [5, 5.41) is 0. The average molecular weight is 361 g/mol. The van der Waals surface area contributed by atoms with Gasteiger partial charge in [0.05, 0.1) is 18.8 Å². The largest absolute Gasteiger partial charge is 0.374 e. The van der Waals surface area contributed by atoms with Gasteiger partial charge in [-0.05, 0) is 50.8 Å². The monoisotopic (exact) mass is 360 g/mol. The SMILES string of the molecule is CC(C)(COCc1ccc(C#C[Si](C)(C)C)cc1)OC1CCCCO1. The van der Waals surface area contributed by atoms with E-state index >= 15 is 0 Å².